The van der Waals surface area contributed by atoms with Crippen molar-refractivity contribution in [3.63, 3.8) is 0 Å². The van der Waals surface area contributed by atoms with Crippen LogP contribution in [0.1, 0.15) is 24.9 Å². The Bertz CT molecular complexity index is 440. The van der Waals surface area contributed by atoms with Gasteiger partial charge >= 0.3 is 0 Å². The van der Waals surface area contributed by atoms with Crippen molar-refractivity contribution in [1.82, 2.24) is 20.1 Å². The molecule has 1 N–H and O–H groups in total. The minimum atomic E-state index is 0.260. The van der Waals surface area contributed by atoms with E-state index in [1.807, 2.05) is 13.2 Å². The lowest BCUT2D eigenvalue weighted by atomic mass is 9.97. The van der Waals surface area contributed by atoms with Gasteiger partial charge in [-0.15, -0.1) is 0 Å². The Morgan fingerprint density at radius 2 is 2.19 bits per heavy atom. The minimum absolute atomic E-state index is 0.260. The summed E-state index contributed by atoms with van der Waals surface area (Å²) in [5.41, 5.74) is 1.19. The van der Waals surface area contributed by atoms with Crippen LogP contribution in [0.4, 0.5) is 0 Å². The van der Waals surface area contributed by atoms with Gasteiger partial charge in [0.1, 0.15) is 5.75 Å². The fraction of sp³-hybridized carbons (Fsp3) is 0.688. The number of pyridine rings is 1. The van der Waals surface area contributed by atoms with Gasteiger partial charge in [0.25, 0.3) is 0 Å². The molecule has 0 saturated carbocycles. The van der Waals surface area contributed by atoms with E-state index < -0.39 is 0 Å². The van der Waals surface area contributed by atoms with Gasteiger partial charge in [0.05, 0.1) is 18.8 Å². The molecule has 0 aromatic carbocycles. The van der Waals surface area contributed by atoms with E-state index in [0.717, 1.165) is 38.4 Å². The van der Waals surface area contributed by atoms with Gasteiger partial charge in [-0.3, -0.25) is 9.88 Å². The normalized spacial score (nSPS) is 22.2. The largest absolute Gasteiger partial charge is 0.492 e. The molecule has 2 unspecified atom stereocenters. The van der Waals surface area contributed by atoms with Crippen LogP contribution in [0.2, 0.25) is 0 Å². The highest BCUT2D eigenvalue weighted by molar-refractivity contribution is 5.27. The second-order valence-corrected chi connectivity index (χ2v) is 5.88. The van der Waals surface area contributed by atoms with E-state index in [-0.39, 0.29) is 6.04 Å². The summed E-state index contributed by atoms with van der Waals surface area (Å²) in [4.78, 5) is 9.17. The predicted octanol–water partition coefficient (Wildman–Crippen LogP) is 1.38. The van der Waals surface area contributed by atoms with Crippen molar-refractivity contribution in [2.24, 2.45) is 0 Å². The van der Waals surface area contributed by atoms with Crippen molar-refractivity contribution >= 4 is 0 Å². The summed E-state index contributed by atoms with van der Waals surface area (Å²) >= 11 is 0. The van der Waals surface area contributed by atoms with Crippen molar-refractivity contribution in [2.45, 2.75) is 25.4 Å². The van der Waals surface area contributed by atoms with E-state index >= 15 is 0 Å². The van der Waals surface area contributed by atoms with Crippen LogP contribution in [-0.4, -0.2) is 68.2 Å². The molecule has 1 fully saturated rings. The molecule has 118 valence electrons. The zero-order valence-corrected chi connectivity index (χ0v) is 13.7. The van der Waals surface area contributed by atoms with Gasteiger partial charge in [0, 0.05) is 31.9 Å². The summed E-state index contributed by atoms with van der Waals surface area (Å²) in [5.74, 6) is 0.862. The number of piperazine rings is 1. The molecule has 2 rings (SSSR count). The number of hydrogen-bond acceptors (Lipinski definition) is 5. The molecule has 0 amide bonds. The average molecular weight is 292 g/mol. The van der Waals surface area contributed by atoms with Gasteiger partial charge < -0.3 is 15.0 Å². The number of ether oxygens (including phenoxy) is 1. The van der Waals surface area contributed by atoms with Crippen LogP contribution < -0.4 is 10.1 Å². The summed E-state index contributed by atoms with van der Waals surface area (Å²) in [7, 11) is 6.41. The molecule has 21 heavy (non-hydrogen) atoms. The standard InChI is InChI=1S/C16H28N4O/c1-5-8-21-14-9-13(10-18-11-14)16(17-2)15-12-19(3)6-7-20(15)4/h9-11,15-17H,5-8,12H2,1-4H3. The maximum atomic E-state index is 5.71. The van der Waals surface area contributed by atoms with Gasteiger partial charge in [-0.2, -0.15) is 0 Å². The predicted molar refractivity (Wildman–Crippen MR) is 85.7 cm³/mol. The zero-order valence-electron chi connectivity index (χ0n) is 13.7. The van der Waals surface area contributed by atoms with Gasteiger partial charge in [-0.1, -0.05) is 6.92 Å². The maximum Gasteiger partial charge on any atom is 0.137 e. The Hall–Kier alpha value is -1.17. The first kappa shape index (κ1) is 16.2. The van der Waals surface area contributed by atoms with Gasteiger partial charge in [0.2, 0.25) is 0 Å². The number of likely N-dealkylation sites (N-methyl/N-ethyl adjacent to an activating group) is 3. The van der Waals surface area contributed by atoms with E-state index in [9.17, 15) is 0 Å². The highest BCUT2D eigenvalue weighted by Gasteiger charge is 2.30. The van der Waals surface area contributed by atoms with Crippen LogP contribution in [-0.2, 0) is 0 Å². The summed E-state index contributed by atoms with van der Waals surface area (Å²) in [6.45, 7) is 6.13. The Kier molecular flexibility index (Phi) is 5.96. The van der Waals surface area contributed by atoms with Crippen LogP contribution in [0, 0.1) is 0 Å². The Balaban J connectivity index is 2.16. The molecular formula is C16H28N4O. The molecular weight excluding hydrogens is 264 g/mol. The van der Waals surface area contributed by atoms with Crippen molar-refractivity contribution in [3.8, 4) is 5.75 Å². The molecule has 0 bridgehead atoms. The number of nitrogens with zero attached hydrogens (tertiary/aromatic N) is 3. The molecule has 1 aromatic heterocycles. The van der Waals surface area contributed by atoms with Crippen molar-refractivity contribution in [2.75, 3.05) is 47.4 Å². The molecule has 2 atom stereocenters. The molecule has 1 saturated heterocycles. The van der Waals surface area contributed by atoms with Crippen LogP contribution >= 0.6 is 0 Å². The number of rotatable bonds is 6. The smallest absolute Gasteiger partial charge is 0.137 e. The van der Waals surface area contributed by atoms with E-state index in [1.54, 1.807) is 6.20 Å². The molecule has 5 nitrogen and oxygen atoms in total. The first-order valence-corrected chi connectivity index (χ1v) is 7.79. The third kappa shape index (κ3) is 4.15. The summed E-state index contributed by atoms with van der Waals surface area (Å²) in [6, 6.07) is 2.82. The summed E-state index contributed by atoms with van der Waals surface area (Å²) in [6.07, 6.45) is 4.75. The topological polar surface area (TPSA) is 40.6 Å². The third-order valence-corrected chi connectivity index (χ3v) is 4.16. The number of hydrogen-bond donors (Lipinski definition) is 1. The molecule has 1 aromatic rings. The quantitative estimate of drug-likeness (QED) is 0.858. The van der Waals surface area contributed by atoms with Crippen molar-refractivity contribution in [1.29, 1.82) is 0 Å². The second-order valence-electron chi connectivity index (χ2n) is 5.88. The second kappa shape index (κ2) is 7.73. The fourth-order valence-corrected chi connectivity index (χ4v) is 2.89. The SMILES string of the molecule is CCCOc1cncc(C(NC)C2CN(C)CCN2C)c1. The van der Waals surface area contributed by atoms with E-state index in [4.69, 9.17) is 4.74 Å². The van der Waals surface area contributed by atoms with E-state index in [0.29, 0.717) is 6.04 Å². The summed E-state index contributed by atoms with van der Waals surface area (Å²) < 4.78 is 5.71. The van der Waals surface area contributed by atoms with E-state index in [2.05, 4.69) is 47.2 Å². The van der Waals surface area contributed by atoms with Crippen molar-refractivity contribution in [3.05, 3.63) is 24.0 Å². The molecule has 1 aliphatic rings. The number of aromatic nitrogens is 1. The van der Waals surface area contributed by atoms with Crippen LogP contribution in [0.3, 0.4) is 0 Å². The Morgan fingerprint density at radius 3 is 2.90 bits per heavy atom. The lowest BCUT2D eigenvalue weighted by Crippen LogP contribution is -2.54. The van der Waals surface area contributed by atoms with Crippen LogP contribution in [0.5, 0.6) is 5.75 Å². The average Bonchev–Trinajstić information content (AvgIpc) is 2.50. The minimum Gasteiger partial charge on any atom is -0.492 e. The van der Waals surface area contributed by atoms with Crippen LogP contribution in [0.15, 0.2) is 18.5 Å². The molecule has 0 radical (unpaired) electrons. The lowest BCUT2D eigenvalue weighted by Gasteiger charge is -2.42. The van der Waals surface area contributed by atoms with Gasteiger partial charge in [-0.05, 0) is 39.2 Å². The molecule has 1 aliphatic heterocycles. The highest BCUT2D eigenvalue weighted by Crippen LogP contribution is 2.25. The zero-order chi connectivity index (χ0) is 15.2. The maximum absolute atomic E-state index is 5.71. The lowest BCUT2D eigenvalue weighted by molar-refractivity contribution is 0.0895. The third-order valence-electron chi connectivity index (χ3n) is 4.16. The first-order chi connectivity index (χ1) is 10.2. The molecule has 5 heteroatoms. The highest BCUT2D eigenvalue weighted by atomic mass is 16.5. The summed E-state index contributed by atoms with van der Waals surface area (Å²) in [5, 5.41) is 3.46. The molecule has 2 heterocycles. The van der Waals surface area contributed by atoms with Gasteiger partial charge in [-0.25, -0.2) is 0 Å². The monoisotopic (exact) mass is 292 g/mol. The number of nitrogens with one attached hydrogen (secondary N) is 1. The Labute approximate surface area is 128 Å². The van der Waals surface area contributed by atoms with Gasteiger partial charge in [0.15, 0.2) is 0 Å². The van der Waals surface area contributed by atoms with Crippen LogP contribution in [0.25, 0.3) is 0 Å². The van der Waals surface area contributed by atoms with Crippen molar-refractivity contribution < 1.29 is 4.74 Å². The molecule has 0 spiro atoms. The molecule has 0 aliphatic carbocycles. The first-order valence-electron chi connectivity index (χ1n) is 7.79. The Morgan fingerprint density at radius 1 is 1.38 bits per heavy atom. The fourth-order valence-electron chi connectivity index (χ4n) is 2.89. The van der Waals surface area contributed by atoms with E-state index in [1.165, 1.54) is 5.56 Å².